The van der Waals surface area contributed by atoms with Crippen molar-refractivity contribution in [3.63, 3.8) is 0 Å². The van der Waals surface area contributed by atoms with Crippen LogP contribution in [0.3, 0.4) is 0 Å². The lowest BCUT2D eigenvalue weighted by molar-refractivity contribution is 0.00580. The summed E-state index contributed by atoms with van der Waals surface area (Å²) in [4.78, 5) is 1.85. The van der Waals surface area contributed by atoms with Crippen LogP contribution >= 0.6 is 0 Å². The Balaban J connectivity index is 3.57. The molecule has 0 saturated heterocycles. The van der Waals surface area contributed by atoms with E-state index in [2.05, 4.69) is 0 Å². The lowest BCUT2D eigenvalue weighted by Crippen LogP contribution is -2.38. The first-order valence-corrected chi connectivity index (χ1v) is 5.21. The number of hydrogen-bond donors (Lipinski definition) is 2. The second-order valence-electron chi connectivity index (χ2n) is 3.64. The van der Waals surface area contributed by atoms with E-state index in [4.69, 9.17) is 9.47 Å². The zero-order valence-electron chi connectivity index (χ0n) is 9.85. The van der Waals surface area contributed by atoms with Crippen LogP contribution in [0.5, 0.6) is 0 Å². The molecule has 0 aliphatic carbocycles. The Labute approximate surface area is 91.6 Å². The maximum absolute atomic E-state index is 9.51. The van der Waals surface area contributed by atoms with Gasteiger partial charge in [-0.1, -0.05) is 0 Å². The minimum atomic E-state index is -0.515. The third-order valence-electron chi connectivity index (χ3n) is 1.92. The fourth-order valence-corrected chi connectivity index (χ4v) is 1.35. The van der Waals surface area contributed by atoms with Gasteiger partial charge in [0.2, 0.25) is 0 Å². The smallest absolute Gasteiger partial charge is 0.0900 e. The first kappa shape index (κ1) is 14.8. The van der Waals surface area contributed by atoms with Crippen LogP contribution in [0.1, 0.15) is 6.92 Å². The Kier molecular flexibility index (Phi) is 8.94. The van der Waals surface area contributed by atoms with Crippen LogP contribution in [0, 0.1) is 0 Å². The molecule has 0 rings (SSSR count). The van der Waals surface area contributed by atoms with Crippen molar-refractivity contribution in [1.82, 2.24) is 4.90 Å². The Bertz CT molecular complexity index is 145. The van der Waals surface area contributed by atoms with Gasteiger partial charge in [-0.15, -0.1) is 0 Å². The van der Waals surface area contributed by atoms with Gasteiger partial charge in [-0.25, -0.2) is 0 Å². The predicted molar refractivity (Wildman–Crippen MR) is 57.9 cm³/mol. The standard InChI is InChI=1S/C10H23NO4/c1-4-15-8-10(13)6-11(2)5-9(12)7-14-3/h9-10,12-13H,4-8H2,1-3H3. The van der Waals surface area contributed by atoms with Gasteiger partial charge in [0.05, 0.1) is 25.4 Å². The molecule has 0 fully saturated rings. The molecular weight excluding hydrogens is 198 g/mol. The lowest BCUT2D eigenvalue weighted by atomic mass is 10.3. The van der Waals surface area contributed by atoms with Crippen LogP contribution in [-0.4, -0.2) is 74.4 Å². The topological polar surface area (TPSA) is 62.2 Å². The second-order valence-corrected chi connectivity index (χ2v) is 3.64. The van der Waals surface area contributed by atoms with E-state index < -0.39 is 12.2 Å². The highest BCUT2D eigenvalue weighted by molar-refractivity contribution is 4.65. The van der Waals surface area contributed by atoms with Gasteiger partial charge in [0.1, 0.15) is 0 Å². The molecule has 0 spiro atoms. The van der Waals surface area contributed by atoms with Crippen molar-refractivity contribution in [2.24, 2.45) is 0 Å². The summed E-state index contributed by atoms with van der Waals surface area (Å²) in [5.74, 6) is 0. The Morgan fingerprint density at radius 1 is 1.13 bits per heavy atom. The average Bonchev–Trinajstić information content (AvgIpc) is 2.14. The summed E-state index contributed by atoms with van der Waals surface area (Å²) in [6, 6.07) is 0. The maximum Gasteiger partial charge on any atom is 0.0900 e. The van der Waals surface area contributed by atoms with Crippen LogP contribution in [0.25, 0.3) is 0 Å². The second kappa shape index (κ2) is 9.06. The number of rotatable bonds is 9. The van der Waals surface area contributed by atoms with Gasteiger partial charge in [-0.3, -0.25) is 0 Å². The first-order chi connectivity index (χ1) is 7.10. The highest BCUT2D eigenvalue weighted by Crippen LogP contribution is 1.94. The van der Waals surface area contributed by atoms with Crippen molar-refractivity contribution < 1.29 is 19.7 Å². The minimum Gasteiger partial charge on any atom is -0.389 e. The number of aliphatic hydroxyl groups is 2. The first-order valence-electron chi connectivity index (χ1n) is 5.21. The molecule has 92 valence electrons. The zero-order chi connectivity index (χ0) is 11.7. The molecule has 2 N–H and O–H groups in total. The van der Waals surface area contributed by atoms with Crippen molar-refractivity contribution in [3.8, 4) is 0 Å². The van der Waals surface area contributed by atoms with Crippen LogP contribution in [0.15, 0.2) is 0 Å². The summed E-state index contributed by atoms with van der Waals surface area (Å²) in [7, 11) is 3.39. The van der Waals surface area contributed by atoms with Gasteiger partial charge in [0, 0.05) is 26.8 Å². The summed E-state index contributed by atoms with van der Waals surface area (Å²) in [6.45, 7) is 4.11. The fourth-order valence-electron chi connectivity index (χ4n) is 1.35. The van der Waals surface area contributed by atoms with E-state index in [1.807, 2.05) is 18.9 Å². The molecule has 2 atom stereocenters. The maximum atomic E-state index is 9.51. The Morgan fingerprint density at radius 2 is 1.67 bits per heavy atom. The highest BCUT2D eigenvalue weighted by atomic mass is 16.5. The molecular formula is C10H23NO4. The molecule has 0 aliphatic rings. The van der Waals surface area contributed by atoms with E-state index in [1.54, 1.807) is 7.11 Å². The molecule has 0 aromatic heterocycles. The van der Waals surface area contributed by atoms with Crippen molar-refractivity contribution in [1.29, 1.82) is 0 Å². The molecule has 15 heavy (non-hydrogen) atoms. The normalized spacial score (nSPS) is 15.6. The van der Waals surface area contributed by atoms with Crippen molar-refractivity contribution >= 4 is 0 Å². The van der Waals surface area contributed by atoms with E-state index in [9.17, 15) is 10.2 Å². The number of ether oxygens (including phenoxy) is 2. The van der Waals surface area contributed by atoms with Gasteiger partial charge in [-0.2, -0.15) is 0 Å². The number of aliphatic hydroxyl groups excluding tert-OH is 2. The van der Waals surface area contributed by atoms with E-state index in [0.29, 0.717) is 32.9 Å². The molecule has 0 heterocycles. The van der Waals surface area contributed by atoms with E-state index in [0.717, 1.165) is 0 Å². The molecule has 0 aromatic carbocycles. The van der Waals surface area contributed by atoms with Crippen LogP contribution < -0.4 is 0 Å². The number of nitrogens with zero attached hydrogens (tertiary/aromatic N) is 1. The van der Waals surface area contributed by atoms with Crippen LogP contribution in [0.4, 0.5) is 0 Å². The van der Waals surface area contributed by atoms with Crippen molar-refractivity contribution in [3.05, 3.63) is 0 Å². The third-order valence-corrected chi connectivity index (χ3v) is 1.92. The van der Waals surface area contributed by atoms with Gasteiger partial charge < -0.3 is 24.6 Å². The zero-order valence-corrected chi connectivity index (χ0v) is 9.85. The highest BCUT2D eigenvalue weighted by Gasteiger charge is 2.11. The predicted octanol–water partition coefficient (Wildman–Crippen LogP) is -0.677. The summed E-state index contributed by atoms with van der Waals surface area (Å²) in [5, 5.41) is 18.9. The lowest BCUT2D eigenvalue weighted by Gasteiger charge is -2.22. The molecule has 5 nitrogen and oxygen atoms in total. The average molecular weight is 221 g/mol. The third kappa shape index (κ3) is 8.77. The summed E-state index contributed by atoms with van der Waals surface area (Å²) in [5.41, 5.74) is 0. The summed E-state index contributed by atoms with van der Waals surface area (Å²) < 4.78 is 9.90. The summed E-state index contributed by atoms with van der Waals surface area (Å²) >= 11 is 0. The SMILES string of the molecule is CCOCC(O)CN(C)CC(O)COC. The van der Waals surface area contributed by atoms with Crippen molar-refractivity contribution in [2.45, 2.75) is 19.1 Å². The number of hydrogen-bond acceptors (Lipinski definition) is 5. The minimum absolute atomic E-state index is 0.311. The van der Waals surface area contributed by atoms with Crippen LogP contribution in [0.2, 0.25) is 0 Å². The van der Waals surface area contributed by atoms with Gasteiger partial charge in [0.15, 0.2) is 0 Å². The number of likely N-dealkylation sites (N-methyl/N-ethyl adjacent to an activating group) is 1. The van der Waals surface area contributed by atoms with Gasteiger partial charge in [0.25, 0.3) is 0 Å². The fraction of sp³-hybridized carbons (Fsp3) is 1.00. The Hall–Kier alpha value is -0.200. The van der Waals surface area contributed by atoms with Gasteiger partial charge in [-0.05, 0) is 14.0 Å². The van der Waals surface area contributed by atoms with Crippen LogP contribution in [-0.2, 0) is 9.47 Å². The van der Waals surface area contributed by atoms with Gasteiger partial charge >= 0.3 is 0 Å². The molecule has 0 saturated carbocycles. The Morgan fingerprint density at radius 3 is 2.13 bits per heavy atom. The quantitative estimate of drug-likeness (QED) is 0.540. The van der Waals surface area contributed by atoms with E-state index in [-0.39, 0.29) is 0 Å². The molecule has 5 heteroatoms. The number of methoxy groups -OCH3 is 1. The molecule has 0 aliphatic heterocycles. The molecule has 2 unspecified atom stereocenters. The summed E-state index contributed by atoms with van der Waals surface area (Å²) in [6.07, 6.45) is -1.02. The molecule has 0 amide bonds. The molecule has 0 aromatic rings. The van der Waals surface area contributed by atoms with Crippen molar-refractivity contribution in [2.75, 3.05) is 47.1 Å². The molecule has 0 radical (unpaired) electrons. The monoisotopic (exact) mass is 221 g/mol. The van der Waals surface area contributed by atoms with E-state index >= 15 is 0 Å². The molecule has 0 bridgehead atoms. The largest absolute Gasteiger partial charge is 0.389 e. The van der Waals surface area contributed by atoms with E-state index in [1.165, 1.54) is 0 Å².